The van der Waals surface area contributed by atoms with Crippen molar-refractivity contribution < 1.29 is 9.53 Å². The fourth-order valence-corrected chi connectivity index (χ4v) is 1.65. The normalized spacial score (nSPS) is 10.6. The summed E-state index contributed by atoms with van der Waals surface area (Å²) in [5, 5.41) is 3.10. The number of aromatic amines is 1. The second kappa shape index (κ2) is 5.98. The van der Waals surface area contributed by atoms with Gasteiger partial charge < -0.3 is 20.8 Å². The van der Waals surface area contributed by atoms with Crippen molar-refractivity contribution in [3.8, 4) is 0 Å². The van der Waals surface area contributed by atoms with E-state index in [1.54, 1.807) is 6.92 Å². The minimum atomic E-state index is -0.196. The summed E-state index contributed by atoms with van der Waals surface area (Å²) < 4.78 is 4.84. The molecule has 19 heavy (non-hydrogen) atoms. The number of hydrogen-bond donors (Lipinski definition) is 3. The smallest absolute Gasteiger partial charge is 0.305 e. The lowest BCUT2D eigenvalue weighted by molar-refractivity contribution is -0.143. The first-order chi connectivity index (χ1) is 9.20. The van der Waals surface area contributed by atoms with E-state index >= 15 is 0 Å². The van der Waals surface area contributed by atoms with Gasteiger partial charge >= 0.3 is 5.97 Å². The summed E-state index contributed by atoms with van der Waals surface area (Å²) in [6, 6.07) is 0. The second-order valence-electron chi connectivity index (χ2n) is 3.87. The Bertz CT molecular complexity index is 567. The summed E-state index contributed by atoms with van der Waals surface area (Å²) in [6.45, 7) is 2.78. The molecule has 0 aliphatic carbocycles. The average molecular weight is 264 g/mol. The number of anilines is 2. The van der Waals surface area contributed by atoms with Crippen LogP contribution in [0.2, 0.25) is 0 Å². The average Bonchev–Trinajstić information content (AvgIpc) is 2.82. The molecule has 0 saturated heterocycles. The third-order valence-corrected chi connectivity index (χ3v) is 2.46. The summed E-state index contributed by atoms with van der Waals surface area (Å²) >= 11 is 0. The number of rotatable bonds is 6. The molecule has 0 saturated carbocycles. The zero-order valence-electron chi connectivity index (χ0n) is 10.6. The largest absolute Gasteiger partial charge is 0.466 e. The number of ether oxygens (including phenoxy) is 1. The van der Waals surface area contributed by atoms with E-state index in [2.05, 4.69) is 25.3 Å². The second-order valence-corrected chi connectivity index (χ2v) is 3.87. The number of imidazole rings is 1. The summed E-state index contributed by atoms with van der Waals surface area (Å²) in [7, 11) is 0. The van der Waals surface area contributed by atoms with Gasteiger partial charge in [0.1, 0.15) is 5.52 Å². The molecule has 0 aromatic carbocycles. The van der Waals surface area contributed by atoms with E-state index in [9.17, 15) is 4.79 Å². The molecular formula is C11H16N6O2. The van der Waals surface area contributed by atoms with Crippen LogP contribution in [0.25, 0.3) is 11.2 Å². The molecule has 2 rings (SSSR count). The number of carbonyl (C=O) groups excluding carboxylic acids is 1. The minimum absolute atomic E-state index is 0.160. The maximum atomic E-state index is 11.2. The number of aromatic nitrogens is 4. The first-order valence-electron chi connectivity index (χ1n) is 6.06. The number of nitrogens with two attached hydrogens (primary N) is 1. The predicted octanol–water partition coefficient (Wildman–Crippen LogP) is 0.690. The van der Waals surface area contributed by atoms with E-state index in [1.807, 2.05) is 0 Å². The Kier molecular flexibility index (Phi) is 4.11. The molecule has 2 aromatic heterocycles. The number of hydrogen-bond acceptors (Lipinski definition) is 7. The lowest BCUT2D eigenvalue weighted by Crippen LogP contribution is -2.10. The van der Waals surface area contributed by atoms with Crippen LogP contribution in [-0.4, -0.2) is 39.1 Å². The number of esters is 1. The van der Waals surface area contributed by atoms with Crippen molar-refractivity contribution in [3.63, 3.8) is 0 Å². The summed E-state index contributed by atoms with van der Waals surface area (Å²) in [5.41, 5.74) is 6.80. The number of H-pyrrole nitrogens is 1. The van der Waals surface area contributed by atoms with Crippen molar-refractivity contribution in [2.75, 3.05) is 24.2 Å². The molecule has 8 heteroatoms. The SMILES string of the molecule is CCOC(=O)CCCNc1nc(N)nc2nc[nH]c12. The van der Waals surface area contributed by atoms with Crippen LogP contribution < -0.4 is 11.1 Å². The Morgan fingerprint density at radius 2 is 2.37 bits per heavy atom. The number of nitrogens with one attached hydrogen (secondary N) is 2. The van der Waals surface area contributed by atoms with E-state index in [0.717, 1.165) is 0 Å². The van der Waals surface area contributed by atoms with Gasteiger partial charge in [-0.3, -0.25) is 4.79 Å². The summed E-state index contributed by atoms with van der Waals surface area (Å²) in [5.74, 6) is 0.551. The Morgan fingerprint density at radius 1 is 1.53 bits per heavy atom. The van der Waals surface area contributed by atoms with Gasteiger partial charge in [0.2, 0.25) is 5.95 Å². The van der Waals surface area contributed by atoms with Crippen LogP contribution in [0.1, 0.15) is 19.8 Å². The Morgan fingerprint density at radius 3 is 3.16 bits per heavy atom. The molecule has 0 spiro atoms. The van der Waals surface area contributed by atoms with Gasteiger partial charge in [-0.2, -0.15) is 9.97 Å². The molecule has 4 N–H and O–H groups in total. The molecule has 0 bridgehead atoms. The Hall–Kier alpha value is -2.38. The van der Waals surface area contributed by atoms with Gasteiger partial charge in [0, 0.05) is 13.0 Å². The Balaban J connectivity index is 1.91. The van der Waals surface area contributed by atoms with Crippen molar-refractivity contribution in [2.24, 2.45) is 0 Å². The van der Waals surface area contributed by atoms with E-state index in [-0.39, 0.29) is 11.9 Å². The molecule has 0 aliphatic rings. The van der Waals surface area contributed by atoms with Crippen LogP contribution in [0.15, 0.2) is 6.33 Å². The third kappa shape index (κ3) is 3.30. The van der Waals surface area contributed by atoms with Crippen LogP contribution in [-0.2, 0) is 9.53 Å². The highest BCUT2D eigenvalue weighted by atomic mass is 16.5. The molecule has 2 aromatic rings. The summed E-state index contributed by atoms with van der Waals surface area (Å²) in [6.07, 6.45) is 2.55. The molecule has 0 aliphatic heterocycles. The highest BCUT2D eigenvalue weighted by Gasteiger charge is 2.08. The van der Waals surface area contributed by atoms with Crippen LogP contribution in [0.3, 0.4) is 0 Å². The number of fused-ring (bicyclic) bond motifs is 1. The molecule has 102 valence electrons. The molecule has 2 heterocycles. The van der Waals surface area contributed by atoms with E-state index in [0.29, 0.717) is 43.0 Å². The zero-order chi connectivity index (χ0) is 13.7. The minimum Gasteiger partial charge on any atom is -0.466 e. The Labute approximate surface area is 109 Å². The van der Waals surface area contributed by atoms with E-state index in [4.69, 9.17) is 10.5 Å². The molecule has 0 radical (unpaired) electrons. The fraction of sp³-hybridized carbons (Fsp3) is 0.455. The highest BCUT2D eigenvalue weighted by Crippen LogP contribution is 2.17. The van der Waals surface area contributed by atoms with Crippen molar-refractivity contribution in [2.45, 2.75) is 19.8 Å². The van der Waals surface area contributed by atoms with Gasteiger partial charge in [0.05, 0.1) is 12.9 Å². The molecule has 8 nitrogen and oxygen atoms in total. The van der Waals surface area contributed by atoms with Crippen LogP contribution >= 0.6 is 0 Å². The van der Waals surface area contributed by atoms with Crippen LogP contribution in [0.4, 0.5) is 11.8 Å². The number of carbonyl (C=O) groups is 1. The van der Waals surface area contributed by atoms with Crippen molar-refractivity contribution in [1.29, 1.82) is 0 Å². The standard InChI is InChI=1S/C11H16N6O2/c1-2-19-7(18)4-3-5-13-9-8-10(15-6-14-8)17-11(12)16-9/h6H,2-5H2,1H3,(H4,12,13,14,15,16,17). The summed E-state index contributed by atoms with van der Waals surface area (Å²) in [4.78, 5) is 26.2. The lowest BCUT2D eigenvalue weighted by atomic mass is 10.3. The zero-order valence-corrected chi connectivity index (χ0v) is 10.6. The monoisotopic (exact) mass is 264 g/mol. The van der Waals surface area contributed by atoms with Crippen molar-refractivity contribution >= 4 is 28.9 Å². The maximum Gasteiger partial charge on any atom is 0.305 e. The predicted molar refractivity (Wildman–Crippen MR) is 70.5 cm³/mol. The lowest BCUT2D eigenvalue weighted by Gasteiger charge is -2.06. The molecule has 0 fully saturated rings. The quantitative estimate of drug-likeness (QED) is 0.518. The molecular weight excluding hydrogens is 248 g/mol. The van der Waals surface area contributed by atoms with Crippen molar-refractivity contribution in [3.05, 3.63) is 6.33 Å². The van der Waals surface area contributed by atoms with Crippen molar-refractivity contribution in [1.82, 2.24) is 19.9 Å². The third-order valence-electron chi connectivity index (χ3n) is 2.46. The number of nitrogens with zero attached hydrogens (tertiary/aromatic N) is 3. The fourth-order valence-electron chi connectivity index (χ4n) is 1.65. The van der Waals surface area contributed by atoms with Gasteiger partial charge in [0.25, 0.3) is 0 Å². The van der Waals surface area contributed by atoms with Crippen LogP contribution in [0.5, 0.6) is 0 Å². The van der Waals surface area contributed by atoms with Crippen LogP contribution in [0, 0.1) is 0 Å². The van der Waals surface area contributed by atoms with Gasteiger partial charge in [-0.05, 0) is 13.3 Å². The van der Waals surface area contributed by atoms with E-state index in [1.165, 1.54) is 6.33 Å². The maximum absolute atomic E-state index is 11.2. The van der Waals surface area contributed by atoms with E-state index < -0.39 is 0 Å². The highest BCUT2D eigenvalue weighted by molar-refractivity contribution is 5.83. The first kappa shape index (κ1) is 13.1. The molecule has 0 atom stereocenters. The molecule has 0 unspecified atom stereocenters. The topological polar surface area (TPSA) is 119 Å². The van der Waals surface area contributed by atoms with Gasteiger partial charge in [-0.25, -0.2) is 4.98 Å². The van der Waals surface area contributed by atoms with Gasteiger partial charge in [-0.1, -0.05) is 0 Å². The molecule has 0 amide bonds. The first-order valence-corrected chi connectivity index (χ1v) is 6.06. The van der Waals surface area contributed by atoms with Gasteiger partial charge in [0.15, 0.2) is 11.5 Å². The van der Waals surface area contributed by atoms with Gasteiger partial charge in [-0.15, -0.1) is 0 Å². The number of nitrogen functional groups attached to an aromatic ring is 1.